The summed E-state index contributed by atoms with van der Waals surface area (Å²) >= 11 is 0. The molecule has 0 aliphatic heterocycles. The third-order valence-corrected chi connectivity index (χ3v) is 2.74. The Morgan fingerprint density at radius 1 is 1.42 bits per heavy atom. The van der Waals surface area contributed by atoms with E-state index < -0.39 is 6.04 Å². The van der Waals surface area contributed by atoms with E-state index >= 15 is 0 Å². The van der Waals surface area contributed by atoms with Crippen molar-refractivity contribution in [3.8, 4) is 5.69 Å². The zero-order chi connectivity index (χ0) is 13.7. The molecule has 0 saturated heterocycles. The summed E-state index contributed by atoms with van der Waals surface area (Å²) in [5, 5.41) is 4.25. The number of carbonyl (C=O) groups excluding carboxylic acids is 1. The molecule has 2 N–H and O–H groups in total. The van der Waals surface area contributed by atoms with Crippen LogP contribution >= 0.6 is 0 Å². The second-order valence-electron chi connectivity index (χ2n) is 4.17. The molecule has 100 valence electrons. The predicted octanol–water partition coefficient (Wildman–Crippen LogP) is 1.83. The molecule has 0 radical (unpaired) electrons. The highest BCUT2D eigenvalue weighted by molar-refractivity contribution is 5.70. The summed E-state index contributed by atoms with van der Waals surface area (Å²) in [5.41, 5.74) is 7.74. The van der Waals surface area contributed by atoms with Crippen LogP contribution in [0.1, 0.15) is 24.9 Å². The SMILES string of the molecule is CCOC(=O)C[C@@H](N)c1cnn(-c2ccccc2)c1. The van der Waals surface area contributed by atoms with E-state index in [1.165, 1.54) is 0 Å². The lowest BCUT2D eigenvalue weighted by Gasteiger charge is -2.08. The molecule has 0 unspecified atom stereocenters. The lowest BCUT2D eigenvalue weighted by molar-refractivity contribution is -0.143. The summed E-state index contributed by atoms with van der Waals surface area (Å²) in [7, 11) is 0. The van der Waals surface area contributed by atoms with Crippen LogP contribution in [0.5, 0.6) is 0 Å². The van der Waals surface area contributed by atoms with Gasteiger partial charge in [0.2, 0.25) is 0 Å². The number of hydrogen-bond acceptors (Lipinski definition) is 4. The number of hydrogen-bond donors (Lipinski definition) is 1. The number of ether oxygens (including phenoxy) is 1. The molecule has 19 heavy (non-hydrogen) atoms. The van der Waals surface area contributed by atoms with Gasteiger partial charge in [-0.3, -0.25) is 4.79 Å². The van der Waals surface area contributed by atoms with Crippen molar-refractivity contribution in [1.29, 1.82) is 0 Å². The fourth-order valence-corrected chi connectivity index (χ4v) is 1.77. The van der Waals surface area contributed by atoms with Gasteiger partial charge in [0, 0.05) is 17.8 Å². The molecule has 5 nitrogen and oxygen atoms in total. The highest BCUT2D eigenvalue weighted by atomic mass is 16.5. The molecule has 5 heteroatoms. The van der Waals surface area contributed by atoms with Gasteiger partial charge in [0.05, 0.1) is 24.9 Å². The molecule has 2 aromatic rings. The summed E-state index contributed by atoms with van der Waals surface area (Å²) in [6.45, 7) is 2.14. The van der Waals surface area contributed by atoms with E-state index in [2.05, 4.69) is 5.10 Å². The van der Waals surface area contributed by atoms with Crippen LogP contribution in [0, 0.1) is 0 Å². The van der Waals surface area contributed by atoms with Gasteiger partial charge in [0.25, 0.3) is 0 Å². The summed E-state index contributed by atoms with van der Waals surface area (Å²) < 4.78 is 6.62. The van der Waals surface area contributed by atoms with Crippen molar-refractivity contribution in [2.24, 2.45) is 5.73 Å². The van der Waals surface area contributed by atoms with Gasteiger partial charge in [0.15, 0.2) is 0 Å². The number of rotatable bonds is 5. The third-order valence-electron chi connectivity index (χ3n) is 2.74. The number of benzene rings is 1. The van der Waals surface area contributed by atoms with Gasteiger partial charge in [-0.25, -0.2) is 4.68 Å². The number of carbonyl (C=O) groups is 1. The van der Waals surface area contributed by atoms with Gasteiger partial charge in [-0.15, -0.1) is 0 Å². The molecule has 0 spiro atoms. The minimum Gasteiger partial charge on any atom is -0.466 e. The van der Waals surface area contributed by atoms with Crippen LogP contribution in [-0.2, 0) is 9.53 Å². The lowest BCUT2D eigenvalue weighted by Crippen LogP contribution is -2.16. The van der Waals surface area contributed by atoms with Crippen LogP contribution in [0.15, 0.2) is 42.7 Å². The van der Waals surface area contributed by atoms with Crippen molar-refractivity contribution < 1.29 is 9.53 Å². The fourth-order valence-electron chi connectivity index (χ4n) is 1.77. The molecule has 2 rings (SSSR count). The van der Waals surface area contributed by atoms with Crippen molar-refractivity contribution in [3.63, 3.8) is 0 Å². The van der Waals surface area contributed by atoms with Crippen molar-refractivity contribution >= 4 is 5.97 Å². The Labute approximate surface area is 112 Å². The first-order chi connectivity index (χ1) is 9.20. The zero-order valence-electron chi connectivity index (χ0n) is 10.8. The zero-order valence-corrected chi connectivity index (χ0v) is 10.8. The molecule has 0 aliphatic rings. The Kier molecular flexibility index (Phi) is 4.30. The Balaban J connectivity index is 2.07. The number of para-hydroxylation sites is 1. The summed E-state index contributed by atoms with van der Waals surface area (Å²) in [6, 6.07) is 9.34. The number of nitrogens with zero attached hydrogens (tertiary/aromatic N) is 2. The van der Waals surface area contributed by atoms with Crippen molar-refractivity contribution in [3.05, 3.63) is 48.3 Å². The quantitative estimate of drug-likeness (QED) is 0.831. The topological polar surface area (TPSA) is 70.1 Å². The molecule has 1 aromatic carbocycles. The second kappa shape index (κ2) is 6.15. The van der Waals surface area contributed by atoms with Crippen molar-refractivity contribution in [2.75, 3.05) is 6.61 Å². The molecule has 0 aliphatic carbocycles. The van der Waals surface area contributed by atoms with E-state index in [1.54, 1.807) is 17.8 Å². The van der Waals surface area contributed by atoms with Gasteiger partial charge in [-0.1, -0.05) is 18.2 Å². The minimum atomic E-state index is -0.392. The number of nitrogens with two attached hydrogens (primary N) is 1. The first-order valence-electron chi connectivity index (χ1n) is 6.22. The summed E-state index contributed by atoms with van der Waals surface area (Å²) in [4.78, 5) is 11.4. The molecule has 0 amide bonds. The Bertz CT molecular complexity index is 537. The van der Waals surface area contributed by atoms with Crippen LogP contribution in [0.4, 0.5) is 0 Å². The van der Waals surface area contributed by atoms with Gasteiger partial charge in [0.1, 0.15) is 0 Å². The fraction of sp³-hybridized carbons (Fsp3) is 0.286. The number of esters is 1. The molecular formula is C14H17N3O2. The van der Waals surface area contributed by atoms with Crippen LogP contribution in [0.2, 0.25) is 0 Å². The third kappa shape index (κ3) is 3.42. The average molecular weight is 259 g/mol. The van der Waals surface area contributed by atoms with E-state index in [9.17, 15) is 4.79 Å². The Hall–Kier alpha value is -2.14. The minimum absolute atomic E-state index is 0.161. The monoisotopic (exact) mass is 259 g/mol. The lowest BCUT2D eigenvalue weighted by atomic mass is 10.1. The maximum atomic E-state index is 11.4. The highest BCUT2D eigenvalue weighted by Gasteiger charge is 2.14. The highest BCUT2D eigenvalue weighted by Crippen LogP contribution is 2.16. The smallest absolute Gasteiger partial charge is 0.307 e. The molecule has 1 atom stereocenters. The number of aromatic nitrogens is 2. The molecule has 0 bridgehead atoms. The van der Waals surface area contributed by atoms with Crippen molar-refractivity contribution in [1.82, 2.24) is 9.78 Å². The van der Waals surface area contributed by atoms with Crippen LogP contribution in [-0.4, -0.2) is 22.4 Å². The van der Waals surface area contributed by atoms with E-state index in [4.69, 9.17) is 10.5 Å². The molecule has 1 heterocycles. The van der Waals surface area contributed by atoms with Gasteiger partial charge < -0.3 is 10.5 Å². The van der Waals surface area contributed by atoms with Gasteiger partial charge in [-0.2, -0.15) is 5.10 Å². The summed E-state index contributed by atoms with van der Waals surface area (Å²) in [6.07, 6.45) is 3.67. The molecule has 0 fully saturated rings. The molecule has 1 aromatic heterocycles. The first-order valence-corrected chi connectivity index (χ1v) is 6.22. The Morgan fingerprint density at radius 2 is 2.16 bits per heavy atom. The van der Waals surface area contributed by atoms with E-state index in [0.717, 1.165) is 11.3 Å². The van der Waals surface area contributed by atoms with Crippen LogP contribution in [0.3, 0.4) is 0 Å². The standard InChI is InChI=1S/C14H17N3O2/c1-2-19-14(18)8-13(15)11-9-16-17(10-11)12-6-4-3-5-7-12/h3-7,9-10,13H,2,8,15H2,1H3/t13-/m1/s1. The van der Waals surface area contributed by atoms with Crippen LogP contribution < -0.4 is 5.73 Å². The largest absolute Gasteiger partial charge is 0.466 e. The predicted molar refractivity (Wildman–Crippen MR) is 71.7 cm³/mol. The van der Waals surface area contributed by atoms with E-state index in [1.807, 2.05) is 36.5 Å². The van der Waals surface area contributed by atoms with E-state index in [0.29, 0.717) is 6.61 Å². The van der Waals surface area contributed by atoms with Gasteiger partial charge in [-0.05, 0) is 19.1 Å². The second-order valence-corrected chi connectivity index (χ2v) is 4.17. The molecule has 0 saturated carbocycles. The Morgan fingerprint density at radius 3 is 2.84 bits per heavy atom. The van der Waals surface area contributed by atoms with Gasteiger partial charge >= 0.3 is 5.97 Å². The normalized spacial score (nSPS) is 12.1. The maximum absolute atomic E-state index is 11.4. The van der Waals surface area contributed by atoms with Crippen LogP contribution in [0.25, 0.3) is 5.69 Å². The van der Waals surface area contributed by atoms with Crippen molar-refractivity contribution in [2.45, 2.75) is 19.4 Å². The van der Waals surface area contributed by atoms with E-state index in [-0.39, 0.29) is 12.4 Å². The first kappa shape index (κ1) is 13.3. The average Bonchev–Trinajstić information content (AvgIpc) is 2.89. The maximum Gasteiger partial charge on any atom is 0.307 e. The summed E-state index contributed by atoms with van der Waals surface area (Å²) in [5.74, 6) is -0.289. The molecular weight excluding hydrogens is 242 g/mol.